The van der Waals surface area contributed by atoms with Gasteiger partial charge >= 0.3 is 0 Å². The van der Waals surface area contributed by atoms with E-state index in [1.165, 1.54) is 24.3 Å². The molecule has 0 aromatic heterocycles. The second-order valence-corrected chi connectivity index (χ2v) is 6.55. The highest BCUT2D eigenvalue weighted by atomic mass is 35.5. The third kappa shape index (κ3) is 2.76. The van der Waals surface area contributed by atoms with Crippen molar-refractivity contribution in [2.24, 2.45) is 0 Å². The van der Waals surface area contributed by atoms with Gasteiger partial charge in [0.1, 0.15) is 0 Å². The molecular weight excluding hydrogens is 296 g/mol. The zero-order valence-corrected chi connectivity index (χ0v) is 12.4. The number of hydrogen-bond acceptors (Lipinski definition) is 3. The maximum Gasteiger partial charge on any atom is 0.207 e. The molecule has 20 heavy (non-hydrogen) atoms. The van der Waals surface area contributed by atoms with Gasteiger partial charge in [-0.05, 0) is 25.1 Å². The van der Waals surface area contributed by atoms with Gasteiger partial charge in [0.2, 0.25) is 9.84 Å². The van der Waals surface area contributed by atoms with E-state index in [0.717, 1.165) is 5.56 Å². The predicted molar refractivity (Wildman–Crippen MR) is 78.1 cm³/mol. The molecule has 2 aromatic rings. The van der Waals surface area contributed by atoms with Crippen LogP contribution in [-0.4, -0.2) is 20.1 Å². The first-order valence-corrected chi connectivity index (χ1v) is 7.98. The van der Waals surface area contributed by atoms with E-state index in [1.54, 1.807) is 24.3 Å². The van der Waals surface area contributed by atoms with Gasteiger partial charge in [-0.2, -0.15) is 0 Å². The van der Waals surface area contributed by atoms with Crippen LogP contribution in [0.1, 0.15) is 15.9 Å². The lowest BCUT2D eigenvalue weighted by Gasteiger charge is -2.09. The maximum absolute atomic E-state index is 12.6. The number of carbonyl (C=O) groups is 1. The van der Waals surface area contributed by atoms with Gasteiger partial charge in [-0.25, -0.2) is 8.42 Å². The molecule has 0 N–H and O–H groups in total. The molecule has 0 radical (unpaired) electrons. The third-order valence-corrected chi connectivity index (χ3v) is 5.00. The van der Waals surface area contributed by atoms with Gasteiger partial charge in [0.15, 0.2) is 5.78 Å². The monoisotopic (exact) mass is 308 g/mol. The van der Waals surface area contributed by atoms with Crippen LogP contribution in [0, 0.1) is 6.92 Å². The summed E-state index contributed by atoms with van der Waals surface area (Å²) in [6.07, 6.45) is 0. The van der Waals surface area contributed by atoms with Crippen molar-refractivity contribution in [3.63, 3.8) is 0 Å². The molecule has 0 fully saturated rings. The smallest absolute Gasteiger partial charge is 0.207 e. The van der Waals surface area contributed by atoms with E-state index >= 15 is 0 Å². The largest absolute Gasteiger partial charge is 0.293 e. The zero-order valence-electron chi connectivity index (χ0n) is 10.8. The van der Waals surface area contributed by atoms with Crippen LogP contribution in [-0.2, 0) is 9.84 Å². The van der Waals surface area contributed by atoms with E-state index < -0.39 is 15.6 Å². The molecule has 2 rings (SSSR count). The van der Waals surface area contributed by atoms with Crippen LogP contribution < -0.4 is 0 Å². The fourth-order valence-corrected chi connectivity index (χ4v) is 3.47. The summed E-state index contributed by atoms with van der Waals surface area (Å²) >= 11 is 5.53. The van der Waals surface area contributed by atoms with Crippen molar-refractivity contribution in [1.29, 1.82) is 0 Å². The molecule has 0 unspecified atom stereocenters. The molecule has 0 spiro atoms. The van der Waals surface area contributed by atoms with Crippen molar-refractivity contribution >= 4 is 27.2 Å². The number of aryl methyl sites for hydroxylation is 1. The lowest BCUT2D eigenvalue weighted by atomic mass is 10.1. The van der Waals surface area contributed by atoms with E-state index in [-0.39, 0.29) is 21.2 Å². The SMILES string of the molecule is Cc1ccc(S(=O)(=O)c2ccccc2C(=O)CCl)cc1. The molecule has 0 amide bonds. The Bertz CT molecular complexity index is 734. The molecule has 0 aliphatic heterocycles. The Morgan fingerprint density at radius 1 is 1.05 bits per heavy atom. The second-order valence-electron chi connectivity index (χ2n) is 4.37. The van der Waals surface area contributed by atoms with E-state index in [1.807, 2.05) is 6.92 Å². The van der Waals surface area contributed by atoms with E-state index in [0.29, 0.717) is 0 Å². The fourth-order valence-electron chi connectivity index (χ4n) is 1.85. The molecule has 0 saturated carbocycles. The summed E-state index contributed by atoms with van der Waals surface area (Å²) in [5.41, 5.74) is 1.09. The highest BCUT2D eigenvalue weighted by molar-refractivity contribution is 7.91. The van der Waals surface area contributed by atoms with Crippen LogP contribution in [0.3, 0.4) is 0 Å². The van der Waals surface area contributed by atoms with Crippen LogP contribution in [0.25, 0.3) is 0 Å². The average molecular weight is 309 g/mol. The van der Waals surface area contributed by atoms with Crippen LogP contribution >= 0.6 is 11.6 Å². The minimum atomic E-state index is -3.72. The minimum absolute atomic E-state index is 0.00509. The highest BCUT2D eigenvalue weighted by Crippen LogP contribution is 2.24. The van der Waals surface area contributed by atoms with Gasteiger partial charge in [-0.1, -0.05) is 35.9 Å². The molecular formula is C15H13ClO3S. The average Bonchev–Trinajstić information content (AvgIpc) is 2.47. The number of carbonyl (C=O) groups excluding carboxylic acids is 1. The minimum Gasteiger partial charge on any atom is -0.293 e. The van der Waals surface area contributed by atoms with Crippen LogP contribution in [0.2, 0.25) is 0 Å². The molecule has 0 saturated heterocycles. The van der Waals surface area contributed by atoms with E-state index in [2.05, 4.69) is 0 Å². The maximum atomic E-state index is 12.6. The first-order chi connectivity index (χ1) is 9.46. The van der Waals surface area contributed by atoms with Crippen LogP contribution in [0.15, 0.2) is 58.3 Å². The zero-order chi connectivity index (χ0) is 14.8. The van der Waals surface area contributed by atoms with Crippen LogP contribution in [0.4, 0.5) is 0 Å². The van der Waals surface area contributed by atoms with Gasteiger partial charge in [0.05, 0.1) is 15.7 Å². The Labute approximate surface area is 123 Å². The number of Topliss-reactive ketones (excluding diaryl/α,β-unsaturated/α-hetero) is 1. The lowest BCUT2D eigenvalue weighted by Crippen LogP contribution is -2.10. The van der Waals surface area contributed by atoms with Gasteiger partial charge in [0, 0.05) is 5.56 Å². The lowest BCUT2D eigenvalue weighted by molar-refractivity contribution is 0.101. The number of alkyl halides is 1. The Morgan fingerprint density at radius 3 is 2.25 bits per heavy atom. The summed E-state index contributed by atoms with van der Waals surface area (Å²) in [6.45, 7) is 1.88. The summed E-state index contributed by atoms with van der Waals surface area (Å²) in [5, 5.41) is 0. The van der Waals surface area contributed by atoms with Gasteiger partial charge < -0.3 is 0 Å². The van der Waals surface area contributed by atoms with Crippen molar-refractivity contribution in [3.05, 3.63) is 59.7 Å². The Kier molecular flexibility index (Phi) is 4.26. The number of halogens is 1. The number of hydrogen-bond donors (Lipinski definition) is 0. The molecule has 104 valence electrons. The summed E-state index contributed by atoms with van der Waals surface area (Å²) < 4.78 is 25.2. The quantitative estimate of drug-likeness (QED) is 0.643. The van der Waals surface area contributed by atoms with E-state index in [9.17, 15) is 13.2 Å². The van der Waals surface area contributed by atoms with Crippen molar-refractivity contribution in [2.45, 2.75) is 16.7 Å². The standard InChI is InChI=1S/C15H13ClO3S/c1-11-6-8-12(9-7-11)20(18,19)15-5-3-2-4-13(15)14(17)10-16/h2-9H,10H2,1H3. The second kappa shape index (κ2) is 5.77. The van der Waals surface area contributed by atoms with Crippen molar-refractivity contribution < 1.29 is 13.2 Å². The van der Waals surface area contributed by atoms with Crippen LogP contribution in [0.5, 0.6) is 0 Å². The molecule has 0 bridgehead atoms. The first-order valence-electron chi connectivity index (χ1n) is 5.97. The first kappa shape index (κ1) is 14.8. The summed E-state index contributed by atoms with van der Waals surface area (Å²) in [7, 11) is -3.72. The molecule has 0 aliphatic carbocycles. The van der Waals surface area contributed by atoms with Gasteiger partial charge in [0.25, 0.3) is 0 Å². The third-order valence-electron chi connectivity index (χ3n) is 2.93. The number of benzene rings is 2. The predicted octanol–water partition coefficient (Wildman–Crippen LogP) is 3.25. The van der Waals surface area contributed by atoms with E-state index in [4.69, 9.17) is 11.6 Å². The number of rotatable bonds is 4. The summed E-state index contributed by atoms with van der Waals surface area (Å²) in [5.74, 6) is -0.654. The van der Waals surface area contributed by atoms with Crippen molar-refractivity contribution in [2.75, 3.05) is 5.88 Å². The normalized spacial score (nSPS) is 11.3. The fraction of sp³-hybridized carbons (Fsp3) is 0.133. The Morgan fingerprint density at radius 2 is 1.65 bits per heavy atom. The van der Waals surface area contributed by atoms with Crippen molar-refractivity contribution in [3.8, 4) is 0 Å². The molecule has 2 aromatic carbocycles. The molecule has 0 atom stereocenters. The summed E-state index contributed by atoms with van der Waals surface area (Å²) in [4.78, 5) is 11.9. The Balaban J connectivity index is 2.61. The van der Waals surface area contributed by atoms with Gasteiger partial charge in [-0.15, -0.1) is 11.6 Å². The molecule has 0 aliphatic rings. The topological polar surface area (TPSA) is 51.2 Å². The summed E-state index contributed by atoms with van der Waals surface area (Å²) in [6, 6.07) is 12.6. The number of ketones is 1. The molecule has 5 heteroatoms. The number of sulfone groups is 1. The van der Waals surface area contributed by atoms with Crippen molar-refractivity contribution in [1.82, 2.24) is 0 Å². The Hall–Kier alpha value is -1.65. The van der Waals surface area contributed by atoms with Gasteiger partial charge in [-0.3, -0.25) is 4.79 Å². The molecule has 3 nitrogen and oxygen atoms in total. The molecule has 0 heterocycles. The highest BCUT2D eigenvalue weighted by Gasteiger charge is 2.23.